The summed E-state index contributed by atoms with van der Waals surface area (Å²) in [6, 6.07) is 0. The largest absolute Gasteiger partial charge is 0.453 e. The van der Waals surface area contributed by atoms with Crippen LogP contribution in [0.2, 0.25) is 0 Å². The molecule has 1 amide bonds. The number of hydrogen-bond acceptors (Lipinski definition) is 4. The van der Waals surface area contributed by atoms with Crippen LogP contribution in [-0.2, 0) is 17.4 Å². The number of hydrogen-bond donors (Lipinski definition) is 1. The smallest absolute Gasteiger partial charge is 0.356 e. The quantitative estimate of drug-likeness (QED) is 0.905. The van der Waals surface area contributed by atoms with E-state index in [1.807, 2.05) is 0 Å². The van der Waals surface area contributed by atoms with Crippen LogP contribution in [0.15, 0.2) is 0 Å². The standard InChI is InChI=1S/C15H20F3N5O/c1-8(2)5-6-19-12(24)7-11-9(3)20-14-21-13(15(16,17)18)22-23(14)10(11)4/h8H,5-7H2,1-4H3,(H,19,24). The highest BCUT2D eigenvalue weighted by molar-refractivity contribution is 5.79. The molecular formula is C15H20F3N5O. The number of rotatable bonds is 5. The minimum Gasteiger partial charge on any atom is -0.356 e. The van der Waals surface area contributed by atoms with Crippen LogP contribution >= 0.6 is 0 Å². The zero-order chi connectivity index (χ0) is 18.1. The summed E-state index contributed by atoms with van der Waals surface area (Å²) in [4.78, 5) is 19.5. The van der Waals surface area contributed by atoms with E-state index in [4.69, 9.17) is 0 Å². The van der Waals surface area contributed by atoms with Crippen LogP contribution in [0.1, 0.15) is 43.0 Å². The average molecular weight is 343 g/mol. The van der Waals surface area contributed by atoms with Crippen LogP contribution in [0.25, 0.3) is 5.78 Å². The molecule has 0 aromatic carbocycles. The van der Waals surface area contributed by atoms with Crippen LogP contribution in [0.3, 0.4) is 0 Å². The second-order valence-electron chi connectivity index (χ2n) is 6.12. The van der Waals surface area contributed by atoms with Gasteiger partial charge in [0.2, 0.25) is 5.91 Å². The third-order valence-corrected chi connectivity index (χ3v) is 3.68. The molecule has 0 aliphatic heterocycles. The molecule has 0 aliphatic carbocycles. The van der Waals surface area contributed by atoms with Gasteiger partial charge in [-0.25, -0.2) is 9.50 Å². The Balaban J connectivity index is 2.26. The third kappa shape index (κ3) is 4.01. The molecule has 9 heteroatoms. The Morgan fingerprint density at radius 2 is 1.92 bits per heavy atom. The zero-order valence-electron chi connectivity index (χ0n) is 14.0. The minimum atomic E-state index is -4.64. The number of nitrogens with one attached hydrogen (secondary N) is 1. The molecule has 132 valence electrons. The maximum atomic E-state index is 12.7. The summed E-state index contributed by atoms with van der Waals surface area (Å²) in [5, 5.41) is 6.27. The number of aryl methyl sites for hydroxylation is 2. The Hall–Kier alpha value is -2.19. The first-order valence-electron chi connectivity index (χ1n) is 7.66. The monoisotopic (exact) mass is 343 g/mol. The predicted octanol–water partition coefficient (Wildman–Crippen LogP) is 2.46. The molecule has 1 N–H and O–H groups in total. The van der Waals surface area contributed by atoms with Gasteiger partial charge in [-0.2, -0.15) is 18.2 Å². The molecule has 2 aromatic rings. The lowest BCUT2D eigenvalue weighted by Crippen LogP contribution is -2.28. The summed E-state index contributed by atoms with van der Waals surface area (Å²) in [6.07, 6.45) is -3.73. The fourth-order valence-electron chi connectivity index (χ4n) is 2.31. The van der Waals surface area contributed by atoms with Crippen molar-refractivity contribution in [1.82, 2.24) is 24.9 Å². The van der Waals surface area contributed by atoms with E-state index in [0.717, 1.165) is 10.9 Å². The van der Waals surface area contributed by atoms with Gasteiger partial charge in [-0.15, -0.1) is 5.10 Å². The summed E-state index contributed by atoms with van der Waals surface area (Å²) < 4.78 is 39.3. The zero-order valence-corrected chi connectivity index (χ0v) is 14.0. The second-order valence-corrected chi connectivity index (χ2v) is 6.12. The van der Waals surface area contributed by atoms with Crippen LogP contribution in [0, 0.1) is 19.8 Å². The van der Waals surface area contributed by atoms with Gasteiger partial charge in [-0.05, 0) is 26.2 Å². The van der Waals surface area contributed by atoms with Crippen LogP contribution < -0.4 is 5.32 Å². The molecular weight excluding hydrogens is 323 g/mol. The summed E-state index contributed by atoms with van der Waals surface area (Å²) in [5.74, 6) is -1.08. The van der Waals surface area contributed by atoms with Crippen LogP contribution in [-0.4, -0.2) is 32.0 Å². The topological polar surface area (TPSA) is 72.2 Å². The molecule has 0 spiro atoms. The van der Waals surface area contributed by atoms with E-state index in [1.165, 1.54) is 0 Å². The Bertz CT molecular complexity index is 752. The highest BCUT2D eigenvalue weighted by Gasteiger charge is 2.37. The van der Waals surface area contributed by atoms with Gasteiger partial charge in [0, 0.05) is 23.5 Å². The Morgan fingerprint density at radius 1 is 1.25 bits per heavy atom. The lowest BCUT2D eigenvalue weighted by molar-refractivity contribution is -0.144. The summed E-state index contributed by atoms with van der Waals surface area (Å²) in [5.41, 5.74) is 1.46. The van der Waals surface area contributed by atoms with Crippen molar-refractivity contribution in [3.63, 3.8) is 0 Å². The van der Waals surface area contributed by atoms with Crippen LogP contribution in [0.5, 0.6) is 0 Å². The molecule has 2 heterocycles. The van der Waals surface area contributed by atoms with E-state index in [-0.39, 0.29) is 18.1 Å². The fraction of sp³-hybridized carbons (Fsp3) is 0.600. The van der Waals surface area contributed by atoms with Crippen LogP contribution in [0.4, 0.5) is 13.2 Å². The summed E-state index contributed by atoms with van der Waals surface area (Å²) in [7, 11) is 0. The van der Waals surface area contributed by atoms with Crippen molar-refractivity contribution in [2.45, 2.75) is 46.7 Å². The molecule has 0 atom stereocenters. The predicted molar refractivity (Wildman–Crippen MR) is 81.4 cm³/mol. The summed E-state index contributed by atoms with van der Waals surface area (Å²) in [6.45, 7) is 7.92. The summed E-state index contributed by atoms with van der Waals surface area (Å²) >= 11 is 0. The van der Waals surface area contributed by atoms with Crippen molar-refractivity contribution in [2.75, 3.05) is 6.54 Å². The van der Waals surface area contributed by atoms with Crippen molar-refractivity contribution in [3.05, 3.63) is 22.8 Å². The van der Waals surface area contributed by atoms with Gasteiger partial charge < -0.3 is 5.32 Å². The first kappa shape index (κ1) is 18.2. The molecule has 0 radical (unpaired) electrons. The molecule has 0 saturated carbocycles. The van der Waals surface area contributed by atoms with Crippen molar-refractivity contribution in [3.8, 4) is 0 Å². The molecule has 2 rings (SSSR count). The number of carbonyl (C=O) groups excluding carboxylic acids is 1. The Labute approximate surface area is 137 Å². The maximum absolute atomic E-state index is 12.7. The van der Waals surface area contributed by atoms with Gasteiger partial charge in [-0.3, -0.25) is 4.79 Å². The fourth-order valence-corrected chi connectivity index (χ4v) is 2.31. The van der Waals surface area contributed by atoms with E-state index >= 15 is 0 Å². The van der Waals surface area contributed by atoms with E-state index in [9.17, 15) is 18.0 Å². The Kier molecular flexibility index (Phi) is 5.10. The maximum Gasteiger partial charge on any atom is 0.453 e. The van der Waals surface area contributed by atoms with Gasteiger partial charge in [-0.1, -0.05) is 13.8 Å². The van der Waals surface area contributed by atoms with Gasteiger partial charge in [0.25, 0.3) is 11.6 Å². The molecule has 2 aromatic heterocycles. The number of halogens is 3. The first-order chi connectivity index (χ1) is 11.1. The highest BCUT2D eigenvalue weighted by atomic mass is 19.4. The molecule has 0 bridgehead atoms. The number of nitrogens with zero attached hydrogens (tertiary/aromatic N) is 4. The molecule has 0 unspecified atom stereocenters. The second kappa shape index (κ2) is 6.74. The van der Waals surface area contributed by atoms with Gasteiger partial charge in [0.15, 0.2) is 0 Å². The normalized spacial score (nSPS) is 12.2. The third-order valence-electron chi connectivity index (χ3n) is 3.68. The molecule has 0 saturated heterocycles. The van der Waals surface area contributed by atoms with E-state index in [2.05, 4.69) is 34.2 Å². The van der Waals surface area contributed by atoms with E-state index < -0.39 is 12.0 Å². The van der Waals surface area contributed by atoms with Gasteiger partial charge >= 0.3 is 6.18 Å². The van der Waals surface area contributed by atoms with Crippen molar-refractivity contribution in [1.29, 1.82) is 0 Å². The number of carbonyl (C=O) groups is 1. The Morgan fingerprint density at radius 3 is 2.50 bits per heavy atom. The minimum absolute atomic E-state index is 0.0416. The first-order valence-corrected chi connectivity index (χ1v) is 7.66. The molecule has 24 heavy (non-hydrogen) atoms. The lowest BCUT2D eigenvalue weighted by Gasteiger charge is -2.11. The van der Waals surface area contributed by atoms with Gasteiger partial charge in [0.05, 0.1) is 6.42 Å². The van der Waals surface area contributed by atoms with Gasteiger partial charge in [0.1, 0.15) is 0 Å². The van der Waals surface area contributed by atoms with E-state index in [1.54, 1.807) is 13.8 Å². The van der Waals surface area contributed by atoms with E-state index in [0.29, 0.717) is 29.4 Å². The lowest BCUT2D eigenvalue weighted by atomic mass is 10.1. The number of fused-ring (bicyclic) bond motifs is 1. The number of amides is 1. The van der Waals surface area contributed by atoms with Crippen molar-refractivity contribution in [2.24, 2.45) is 5.92 Å². The molecule has 0 aliphatic rings. The number of aromatic nitrogens is 4. The number of alkyl halides is 3. The molecule has 0 fully saturated rings. The SMILES string of the molecule is Cc1nc2nc(C(F)(F)F)nn2c(C)c1CC(=O)NCCC(C)C. The average Bonchev–Trinajstić information content (AvgIpc) is 2.87. The van der Waals surface area contributed by atoms with Crippen molar-refractivity contribution >= 4 is 11.7 Å². The molecule has 6 nitrogen and oxygen atoms in total. The highest BCUT2D eigenvalue weighted by Crippen LogP contribution is 2.27. The van der Waals surface area contributed by atoms with Crippen molar-refractivity contribution < 1.29 is 18.0 Å².